The number of piperidine rings is 1. The van der Waals surface area contributed by atoms with Gasteiger partial charge >= 0.3 is 0 Å². The highest BCUT2D eigenvalue weighted by Gasteiger charge is 2.26. The van der Waals surface area contributed by atoms with E-state index >= 15 is 0 Å². The third-order valence-corrected chi connectivity index (χ3v) is 4.36. The van der Waals surface area contributed by atoms with E-state index in [9.17, 15) is 4.79 Å². The molecule has 4 nitrogen and oxygen atoms in total. The fraction of sp³-hybridized carbons (Fsp3) is 0.529. The average Bonchev–Trinajstić information content (AvgIpc) is 2.54. The number of nitriles is 1. The summed E-state index contributed by atoms with van der Waals surface area (Å²) in [6, 6.07) is 9.06. The van der Waals surface area contributed by atoms with Gasteiger partial charge in [0.1, 0.15) is 6.07 Å². The number of benzene rings is 1. The van der Waals surface area contributed by atoms with E-state index < -0.39 is 0 Å². The second-order valence-electron chi connectivity index (χ2n) is 5.73. The molecule has 0 spiro atoms. The molecule has 1 aliphatic rings. The van der Waals surface area contributed by atoms with Crippen LogP contribution < -0.4 is 5.32 Å². The topological polar surface area (TPSA) is 56.1 Å². The van der Waals surface area contributed by atoms with Gasteiger partial charge in [-0.25, -0.2) is 0 Å². The van der Waals surface area contributed by atoms with Crippen molar-refractivity contribution in [2.45, 2.75) is 39.2 Å². The first-order valence-electron chi connectivity index (χ1n) is 7.69. The van der Waals surface area contributed by atoms with E-state index in [1.165, 1.54) is 12.8 Å². The number of likely N-dealkylation sites (tertiary alicyclic amines) is 1. The van der Waals surface area contributed by atoms with Gasteiger partial charge in [0.15, 0.2) is 0 Å². The Kier molecular flexibility index (Phi) is 5.35. The van der Waals surface area contributed by atoms with Gasteiger partial charge < -0.3 is 5.32 Å². The molecule has 1 saturated heterocycles. The van der Waals surface area contributed by atoms with E-state index in [1.807, 2.05) is 13.0 Å². The molecule has 0 bridgehead atoms. The lowest BCUT2D eigenvalue weighted by molar-refractivity contribution is -0.121. The number of carbonyl (C=O) groups excluding carboxylic acids is 1. The first-order valence-corrected chi connectivity index (χ1v) is 7.69. The predicted molar refractivity (Wildman–Crippen MR) is 83.8 cm³/mol. The van der Waals surface area contributed by atoms with E-state index in [2.05, 4.69) is 23.2 Å². The van der Waals surface area contributed by atoms with Crippen LogP contribution in [0.3, 0.4) is 0 Å². The molecule has 1 fully saturated rings. The van der Waals surface area contributed by atoms with Crippen LogP contribution >= 0.6 is 0 Å². The highest BCUT2D eigenvalue weighted by molar-refractivity contribution is 5.95. The van der Waals surface area contributed by atoms with Crippen LogP contribution in [0.4, 0.5) is 5.69 Å². The second kappa shape index (κ2) is 7.24. The molecule has 4 heteroatoms. The summed E-state index contributed by atoms with van der Waals surface area (Å²) in [5, 5.41) is 12.0. The number of hydrogen-bond acceptors (Lipinski definition) is 3. The Morgan fingerprint density at radius 3 is 3.00 bits per heavy atom. The van der Waals surface area contributed by atoms with Gasteiger partial charge in [-0.3, -0.25) is 9.69 Å². The average molecular weight is 285 g/mol. The summed E-state index contributed by atoms with van der Waals surface area (Å²) in [5.41, 5.74) is 1.10. The van der Waals surface area contributed by atoms with E-state index in [0.29, 0.717) is 17.2 Å². The number of rotatable bonds is 4. The molecule has 0 aromatic heterocycles. The molecular weight excluding hydrogens is 262 g/mol. The van der Waals surface area contributed by atoms with Gasteiger partial charge in [-0.05, 0) is 44.4 Å². The monoisotopic (exact) mass is 285 g/mol. The van der Waals surface area contributed by atoms with Gasteiger partial charge in [0.05, 0.1) is 17.3 Å². The van der Waals surface area contributed by atoms with Crippen LogP contribution in [0.5, 0.6) is 0 Å². The zero-order valence-corrected chi connectivity index (χ0v) is 12.8. The molecule has 0 aliphatic carbocycles. The van der Waals surface area contributed by atoms with E-state index in [-0.39, 0.29) is 11.9 Å². The molecule has 1 N–H and O–H groups in total. The van der Waals surface area contributed by atoms with Gasteiger partial charge in [-0.1, -0.05) is 25.5 Å². The fourth-order valence-electron chi connectivity index (χ4n) is 2.87. The lowest BCUT2D eigenvalue weighted by Gasteiger charge is -2.35. The van der Waals surface area contributed by atoms with Crippen LogP contribution in [0.15, 0.2) is 24.3 Å². The SMILES string of the molecule is CCC1CCCN(C(C)C(=O)Nc2ccccc2C#N)C1. The maximum absolute atomic E-state index is 12.4. The third kappa shape index (κ3) is 3.83. The Morgan fingerprint density at radius 1 is 1.52 bits per heavy atom. The minimum Gasteiger partial charge on any atom is -0.324 e. The molecule has 2 unspecified atom stereocenters. The normalized spacial score (nSPS) is 20.5. The summed E-state index contributed by atoms with van der Waals surface area (Å²) in [4.78, 5) is 14.7. The molecule has 21 heavy (non-hydrogen) atoms. The maximum Gasteiger partial charge on any atom is 0.241 e. The summed E-state index contributed by atoms with van der Waals surface area (Å²) in [6.45, 7) is 6.13. The van der Waals surface area contributed by atoms with Crippen LogP contribution in [0, 0.1) is 17.2 Å². The number of anilines is 1. The number of para-hydroxylation sites is 1. The molecule has 1 amide bonds. The van der Waals surface area contributed by atoms with Gasteiger partial charge in [-0.15, -0.1) is 0 Å². The number of nitrogens with zero attached hydrogens (tertiary/aromatic N) is 2. The fourth-order valence-corrected chi connectivity index (χ4v) is 2.87. The highest BCUT2D eigenvalue weighted by Crippen LogP contribution is 2.22. The van der Waals surface area contributed by atoms with Crippen molar-refractivity contribution < 1.29 is 4.79 Å². The smallest absolute Gasteiger partial charge is 0.241 e. The largest absolute Gasteiger partial charge is 0.324 e. The Labute approximate surface area is 126 Å². The van der Waals surface area contributed by atoms with Crippen LogP contribution in [-0.2, 0) is 4.79 Å². The molecular formula is C17H23N3O. The van der Waals surface area contributed by atoms with Crippen molar-refractivity contribution in [1.82, 2.24) is 4.90 Å². The minimum absolute atomic E-state index is 0.0329. The quantitative estimate of drug-likeness (QED) is 0.925. The Balaban J connectivity index is 2.01. The number of amides is 1. The zero-order valence-electron chi connectivity index (χ0n) is 12.8. The predicted octanol–water partition coefficient (Wildman–Crippen LogP) is 3.01. The first kappa shape index (κ1) is 15.5. The van der Waals surface area contributed by atoms with Gasteiger partial charge in [0.2, 0.25) is 5.91 Å². The summed E-state index contributed by atoms with van der Waals surface area (Å²) >= 11 is 0. The lowest BCUT2D eigenvalue weighted by atomic mass is 9.94. The summed E-state index contributed by atoms with van der Waals surface area (Å²) in [7, 11) is 0. The van der Waals surface area contributed by atoms with Gasteiger partial charge in [0, 0.05) is 6.54 Å². The molecule has 0 saturated carbocycles. The Hall–Kier alpha value is -1.86. The van der Waals surface area contributed by atoms with Crippen molar-refractivity contribution in [3.05, 3.63) is 29.8 Å². The Bertz CT molecular complexity index is 535. The number of nitrogens with one attached hydrogen (secondary N) is 1. The number of carbonyl (C=O) groups is 1. The van der Waals surface area contributed by atoms with Gasteiger partial charge in [0.25, 0.3) is 0 Å². The van der Waals surface area contributed by atoms with Crippen molar-refractivity contribution in [2.75, 3.05) is 18.4 Å². The maximum atomic E-state index is 12.4. The highest BCUT2D eigenvalue weighted by atomic mass is 16.2. The molecule has 1 aromatic rings. The zero-order chi connectivity index (χ0) is 15.2. The van der Waals surface area contributed by atoms with E-state index in [4.69, 9.17) is 5.26 Å². The second-order valence-corrected chi connectivity index (χ2v) is 5.73. The van der Waals surface area contributed by atoms with Crippen molar-refractivity contribution in [3.8, 4) is 6.07 Å². The van der Waals surface area contributed by atoms with E-state index in [0.717, 1.165) is 19.5 Å². The van der Waals surface area contributed by atoms with Crippen molar-refractivity contribution in [1.29, 1.82) is 5.26 Å². The summed E-state index contributed by atoms with van der Waals surface area (Å²) < 4.78 is 0. The lowest BCUT2D eigenvalue weighted by Crippen LogP contribution is -2.47. The van der Waals surface area contributed by atoms with Gasteiger partial charge in [-0.2, -0.15) is 5.26 Å². The molecule has 2 atom stereocenters. The molecule has 0 radical (unpaired) electrons. The van der Waals surface area contributed by atoms with Crippen molar-refractivity contribution in [2.24, 2.45) is 5.92 Å². The summed E-state index contributed by atoms with van der Waals surface area (Å²) in [5.74, 6) is 0.662. The third-order valence-electron chi connectivity index (χ3n) is 4.36. The molecule has 1 aliphatic heterocycles. The molecule has 1 aromatic carbocycles. The first-order chi connectivity index (χ1) is 10.2. The summed E-state index contributed by atoms with van der Waals surface area (Å²) in [6.07, 6.45) is 3.59. The minimum atomic E-state index is -0.161. The number of hydrogen-bond donors (Lipinski definition) is 1. The van der Waals surface area contributed by atoms with Crippen molar-refractivity contribution >= 4 is 11.6 Å². The molecule has 112 valence electrons. The Morgan fingerprint density at radius 2 is 2.29 bits per heavy atom. The standard InChI is InChI=1S/C17H23N3O/c1-3-14-7-6-10-20(12-14)13(2)17(21)19-16-9-5-4-8-15(16)11-18/h4-5,8-9,13-14H,3,6-7,10,12H2,1-2H3,(H,19,21). The molecule has 2 rings (SSSR count). The van der Waals surface area contributed by atoms with Crippen molar-refractivity contribution in [3.63, 3.8) is 0 Å². The van der Waals surface area contributed by atoms with Crippen LogP contribution in [0.1, 0.15) is 38.7 Å². The van der Waals surface area contributed by atoms with Crippen LogP contribution in [0.25, 0.3) is 0 Å². The van der Waals surface area contributed by atoms with Crippen LogP contribution in [0.2, 0.25) is 0 Å². The van der Waals surface area contributed by atoms with E-state index in [1.54, 1.807) is 18.2 Å². The molecule has 1 heterocycles. The van der Waals surface area contributed by atoms with Crippen LogP contribution in [-0.4, -0.2) is 29.9 Å².